The number of esters is 1. The van der Waals surface area contributed by atoms with Gasteiger partial charge in [0, 0.05) is 30.2 Å². The molecule has 1 unspecified atom stereocenters. The quantitative estimate of drug-likeness (QED) is 0.132. The molecule has 2 aliphatic rings. The number of aromatic nitrogens is 6. The number of hydrogen-bond acceptors (Lipinski definition) is 12. The third kappa shape index (κ3) is 5.64. The third-order valence-electron chi connectivity index (χ3n) is 6.05. The SMILES string of the molecule is Cn1nnnc1SCC1=C(C(=O)O)N2C(=O)[C@@H](NC(=O)C(OC(=O)c3cc(=O)[nH]c(=O)[nH]3)c3ccccc3)[C@@H]2SC1. The molecular weight excluding hydrogens is 580 g/mol. The first-order valence-electron chi connectivity index (χ1n) is 11.8. The number of ether oxygens (including phenoxy) is 1. The van der Waals surface area contributed by atoms with E-state index >= 15 is 0 Å². The number of thioether (sulfide) groups is 2. The van der Waals surface area contributed by atoms with E-state index in [0.717, 1.165) is 11.0 Å². The van der Waals surface area contributed by atoms with Crippen molar-refractivity contribution in [2.24, 2.45) is 7.05 Å². The summed E-state index contributed by atoms with van der Waals surface area (Å²) in [5.41, 5.74) is -1.67. The smallest absolute Gasteiger partial charge is 0.356 e. The molecule has 2 aliphatic heterocycles. The van der Waals surface area contributed by atoms with Crippen LogP contribution in [0.2, 0.25) is 0 Å². The van der Waals surface area contributed by atoms with Gasteiger partial charge in [-0.3, -0.25) is 24.3 Å². The van der Waals surface area contributed by atoms with Crippen LogP contribution in [0.3, 0.4) is 0 Å². The molecule has 0 saturated carbocycles. The Kier molecular flexibility index (Phi) is 7.75. The first kappa shape index (κ1) is 27.8. The minimum Gasteiger partial charge on any atom is -0.477 e. The van der Waals surface area contributed by atoms with E-state index in [4.69, 9.17) is 4.74 Å². The van der Waals surface area contributed by atoms with Crippen LogP contribution in [0.5, 0.6) is 0 Å². The third-order valence-corrected chi connectivity index (χ3v) is 8.49. The van der Waals surface area contributed by atoms with Crippen LogP contribution >= 0.6 is 23.5 Å². The van der Waals surface area contributed by atoms with Crippen molar-refractivity contribution in [3.63, 3.8) is 0 Å². The molecular formula is C23H20N8O8S2. The predicted molar refractivity (Wildman–Crippen MR) is 141 cm³/mol. The Balaban J connectivity index is 1.33. The largest absolute Gasteiger partial charge is 0.477 e. The summed E-state index contributed by atoms with van der Waals surface area (Å²) in [7, 11) is 1.64. The van der Waals surface area contributed by atoms with Crippen LogP contribution in [0.1, 0.15) is 22.2 Å². The first-order chi connectivity index (χ1) is 19.6. The Bertz CT molecular complexity index is 1660. The number of carboxylic acids is 1. The highest BCUT2D eigenvalue weighted by atomic mass is 32.2. The van der Waals surface area contributed by atoms with Gasteiger partial charge in [-0.05, 0) is 16.0 Å². The number of aliphatic carboxylic acids is 1. The van der Waals surface area contributed by atoms with Crippen molar-refractivity contribution >= 4 is 47.3 Å². The lowest BCUT2D eigenvalue weighted by atomic mass is 10.0. The number of carbonyl (C=O) groups excluding carboxylic acids is 3. The number of tetrazole rings is 1. The maximum Gasteiger partial charge on any atom is 0.356 e. The average molecular weight is 601 g/mol. The Hall–Kier alpha value is -4.71. The molecule has 0 bridgehead atoms. The molecule has 212 valence electrons. The Morgan fingerprint density at radius 2 is 1.98 bits per heavy atom. The van der Waals surface area contributed by atoms with Crippen molar-refractivity contribution in [3.8, 4) is 0 Å². The summed E-state index contributed by atoms with van der Waals surface area (Å²) < 4.78 is 6.80. The van der Waals surface area contributed by atoms with Gasteiger partial charge in [0.2, 0.25) is 11.3 Å². The summed E-state index contributed by atoms with van der Waals surface area (Å²) in [5.74, 6) is -3.44. The fourth-order valence-corrected chi connectivity index (χ4v) is 6.50. The molecule has 2 amide bonds. The van der Waals surface area contributed by atoms with E-state index < -0.39 is 58.2 Å². The number of hydrogen-bond donors (Lipinski definition) is 4. The molecule has 0 radical (unpaired) electrons. The summed E-state index contributed by atoms with van der Waals surface area (Å²) >= 11 is 2.49. The van der Waals surface area contributed by atoms with E-state index in [1.807, 2.05) is 4.98 Å². The molecule has 16 nitrogen and oxygen atoms in total. The zero-order valence-corrected chi connectivity index (χ0v) is 22.6. The minimum absolute atomic E-state index is 0.170. The van der Waals surface area contributed by atoms with Gasteiger partial charge in [0.15, 0.2) is 0 Å². The first-order valence-corrected chi connectivity index (χ1v) is 13.8. The summed E-state index contributed by atoms with van der Waals surface area (Å²) in [4.78, 5) is 79.7. The van der Waals surface area contributed by atoms with Crippen LogP contribution < -0.4 is 16.6 Å². The highest BCUT2D eigenvalue weighted by Crippen LogP contribution is 2.41. The molecule has 1 aromatic carbocycles. The molecule has 3 atom stereocenters. The maximum atomic E-state index is 13.4. The second-order valence-corrected chi connectivity index (χ2v) is 10.8. The van der Waals surface area contributed by atoms with E-state index in [0.29, 0.717) is 10.7 Å². The second kappa shape index (κ2) is 11.4. The lowest BCUT2D eigenvalue weighted by Crippen LogP contribution is -2.71. The van der Waals surface area contributed by atoms with E-state index in [9.17, 15) is 33.9 Å². The van der Waals surface area contributed by atoms with Crippen LogP contribution in [-0.4, -0.2) is 86.9 Å². The molecule has 1 fully saturated rings. The molecule has 18 heteroatoms. The van der Waals surface area contributed by atoms with E-state index in [-0.39, 0.29) is 22.8 Å². The number of aromatic amines is 2. The number of β-lactam (4-membered cyclic amide) rings is 1. The minimum atomic E-state index is -1.55. The monoisotopic (exact) mass is 600 g/mol. The van der Waals surface area contributed by atoms with Crippen LogP contribution in [0, 0.1) is 0 Å². The van der Waals surface area contributed by atoms with Gasteiger partial charge in [-0.1, -0.05) is 42.1 Å². The molecule has 41 heavy (non-hydrogen) atoms. The van der Waals surface area contributed by atoms with Gasteiger partial charge in [-0.25, -0.2) is 19.1 Å². The van der Waals surface area contributed by atoms with Crippen LogP contribution in [0.15, 0.2) is 62.4 Å². The van der Waals surface area contributed by atoms with Gasteiger partial charge in [-0.15, -0.1) is 16.9 Å². The molecule has 2 aromatic heterocycles. The molecule has 1 saturated heterocycles. The van der Waals surface area contributed by atoms with Crippen molar-refractivity contribution in [1.82, 2.24) is 40.4 Å². The predicted octanol–water partition coefficient (Wildman–Crippen LogP) is -0.984. The maximum absolute atomic E-state index is 13.4. The standard InChI is InChI=1S/C23H20N8O8S2/c1-30-23(27-28-29-30)41-9-11-8-40-19-14(18(34)31(19)15(11)20(35)36)26-17(33)16(10-5-3-2-4-6-10)39-21(37)12-7-13(32)25-22(38)24-12/h2-7,14,16,19H,8-9H2,1H3,(H,26,33)(H,35,36)(H2,24,25,32,38)/t14-,16?,19+/m1/s1. The summed E-state index contributed by atoms with van der Waals surface area (Å²) in [5, 5.41) is 23.4. The number of fused-ring (bicyclic) bond motifs is 1. The fourth-order valence-electron chi connectivity index (χ4n) is 4.17. The van der Waals surface area contributed by atoms with Crippen molar-refractivity contribution in [2.75, 3.05) is 11.5 Å². The van der Waals surface area contributed by atoms with Crippen molar-refractivity contribution < 1.29 is 29.0 Å². The molecule has 4 heterocycles. The number of carbonyl (C=O) groups is 4. The van der Waals surface area contributed by atoms with E-state index in [1.54, 1.807) is 25.2 Å². The summed E-state index contributed by atoms with van der Waals surface area (Å²) in [6.07, 6.45) is -1.55. The number of carboxylic acid groups (broad SMARTS) is 1. The zero-order chi connectivity index (χ0) is 29.3. The molecule has 4 N–H and O–H groups in total. The number of nitrogens with one attached hydrogen (secondary N) is 3. The van der Waals surface area contributed by atoms with Crippen molar-refractivity contribution in [2.45, 2.75) is 22.7 Å². The highest BCUT2D eigenvalue weighted by molar-refractivity contribution is 8.01. The summed E-state index contributed by atoms with van der Waals surface area (Å²) in [6.45, 7) is 0. The highest BCUT2D eigenvalue weighted by Gasteiger charge is 2.54. The van der Waals surface area contributed by atoms with E-state index in [1.165, 1.54) is 40.3 Å². The number of rotatable bonds is 9. The average Bonchev–Trinajstić information content (AvgIpc) is 3.36. The fraction of sp³-hybridized carbons (Fsp3) is 0.261. The lowest BCUT2D eigenvalue weighted by molar-refractivity contribution is -0.151. The van der Waals surface area contributed by atoms with E-state index in [2.05, 4.69) is 25.8 Å². The van der Waals surface area contributed by atoms with Gasteiger partial charge in [0.1, 0.15) is 22.8 Å². The van der Waals surface area contributed by atoms with Gasteiger partial charge < -0.3 is 20.1 Å². The van der Waals surface area contributed by atoms with Gasteiger partial charge in [0.25, 0.3) is 17.4 Å². The number of H-pyrrole nitrogens is 2. The number of nitrogens with zero attached hydrogens (tertiary/aromatic N) is 5. The molecule has 5 rings (SSSR count). The zero-order valence-electron chi connectivity index (χ0n) is 21.0. The number of amides is 2. The van der Waals surface area contributed by atoms with Crippen LogP contribution in [0.4, 0.5) is 0 Å². The molecule has 3 aromatic rings. The Morgan fingerprint density at radius 1 is 1.22 bits per heavy atom. The van der Waals surface area contributed by atoms with Gasteiger partial charge in [-0.2, -0.15) is 0 Å². The molecule has 0 spiro atoms. The van der Waals surface area contributed by atoms with Crippen LogP contribution in [0.25, 0.3) is 0 Å². The Labute approximate surface area is 237 Å². The van der Waals surface area contributed by atoms with Gasteiger partial charge >= 0.3 is 17.6 Å². The lowest BCUT2D eigenvalue weighted by Gasteiger charge is -2.49. The number of aryl methyl sites for hydroxylation is 1. The normalized spacial score (nSPS) is 18.8. The Morgan fingerprint density at radius 3 is 2.63 bits per heavy atom. The molecule has 0 aliphatic carbocycles. The van der Waals surface area contributed by atoms with Crippen LogP contribution in [-0.2, 0) is 26.2 Å². The van der Waals surface area contributed by atoms with Crippen molar-refractivity contribution in [3.05, 3.63) is 79.8 Å². The summed E-state index contributed by atoms with van der Waals surface area (Å²) in [6, 6.07) is 7.64. The van der Waals surface area contributed by atoms with Crippen molar-refractivity contribution in [1.29, 1.82) is 0 Å². The second-order valence-electron chi connectivity index (χ2n) is 8.72. The number of benzene rings is 1. The topological polar surface area (TPSA) is 222 Å². The van der Waals surface area contributed by atoms with Gasteiger partial charge in [0.05, 0.1) is 0 Å².